The summed E-state index contributed by atoms with van der Waals surface area (Å²) < 4.78 is 57.9. The lowest BCUT2D eigenvalue weighted by molar-refractivity contribution is 0.0600. The highest BCUT2D eigenvalue weighted by atomic mass is 32.2. The molecule has 0 saturated heterocycles. The van der Waals surface area contributed by atoms with E-state index in [2.05, 4.69) is 14.2 Å². The number of rotatable bonds is 7. The van der Waals surface area contributed by atoms with E-state index in [4.69, 9.17) is 0 Å². The second kappa shape index (κ2) is 7.85. The molecular formula is C16H18N2O6S2. The molecule has 2 rings (SSSR count). The Morgan fingerprint density at radius 3 is 2.19 bits per heavy atom. The molecule has 0 amide bonds. The summed E-state index contributed by atoms with van der Waals surface area (Å²) in [5, 5.41) is 0. The van der Waals surface area contributed by atoms with Gasteiger partial charge in [0.15, 0.2) is 0 Å². The van der Waals surface area contributed by atoms with E-state index in [0.717, 1.165) is 0 Å². The van der Waals surface area contributed by atoms with Crippen LogP contribution in [0.15, 0.2) is 58.3 Å². The summed E-state index contributed by atoms with van der Waals surface area (Å²) in [6.07, 6.45) is 0. The summed E-state index contributed by atoms with van der Waals surface area (Å²) in [5.41, 5.74) is 0.284. The van der Waals surface area contributed by atoms with Gasteiger partial charge in [-0.1, -0.05) is 13.0 Å². The van der Waals surface area contributed by atoms with Crippen LogP contribution in [0.3, 0.4) is 0 Å². The first-order valence-electron chi connectivity index (χ1n) is 7.50. The fraction of sp³-hybridized carbons (Fsp3) is 0.188. The monoisotopic (exact) mass is 398 g/mol. The average Bonchev–Trinajstić information content (AvgIpc) is 2.61. The van der Waals surface area contributed by atoms with Gasteiger partial charge < -0.3 is 4.74 Å². The van der Waals surface area contributed by atoms with Crippen molar-refractivity contribution in [3.63, 3.8) is 0 Å². The van der Waals surface area contributed by atoms with Gasteiger partial charge >= 0.3 is 5.97 Å². The smallest absolute Gasteiger partial charge is 0.337 e. The molecule has 0 aromatic heterocycles. The van der Waals surface area contributed by atoms with Crippen molar-refractivity contribution in [2.24, 2.45) is 0 Å². The van der Waals surface area contributed by atoms with Crippen molar-refractivity contribution in [3.8, 4) is 0 Å². The maximum absolute atomic E-state index is 12.5. The van der Waals surface area contributed by atoms with E-state index >= 15 is 0 Å². The molecule has 10 heteroatoms. The molecule has 8 nitrogen and oxygen atoms in total. The van der Waals surface area contributed by atoms with Gasteiger partial charge in [0, 0.05) is 12.2 Å². The summed E-state index contributed by atoms with van der Waals surface area (Å²) in [4.78, 5) is 11.4. The van der Waals surface area contributed by atoms with Gasteiger partial charge in [-0.05, 0) is 42.5 Å². The number of nitrogens with one attached hydrogen (secondary N) is 2. The standard InChI is InChI=1S/C16H18N2O6S2/c1-3-17-25(20,21)14-9-7-13(8-10-14)18-26(22,23)15-6-4-5-12(11-15)16(19)24-2/h4-11,17-18H,3H2,1-2H3. The number of sulfonamides is 2. The van der Waals surface area contributed by atoms with Crippen LogP contribution in [-0.4, -0.2) is 36.5 Å². The van der Waals surface area contributed by atoms with Crippen molar-refractivity contribution in [3.05, 3.63) is 54.1 Å². The van der Waals surface area contributed by atoms with Crippen LogP contribution in [0.5, 0.6) is 0 Å². The Hall–Kier alpha value is -2.43. The minimum absolute atomic E-state index is 0.0231. The van der Waals surface area contributed by atoms with Crippen molar-refractivity contribution < 1.29 is 26.4 Å². The predicted octanol–water partition coefficient (Wildman–Crippen LogP) is 1.57. The first-order valence-corrected chi connectivity index (χ1v) is 10.5. The van der Waals surface area contributed by atoms with Gasteiger partial charge in [-0.3, -0.25) is 4.72 Å². The summed E-state index contributed by atoms with van der Waals surface area (Å²) >= 11 is 0. The molecule has 0 aliphatic heterocycles. The lowest BCUT2D eigenvalue weighted by Gasteiger charge is -2.10. The number of esters is 1. The van der Waals surface area contributed by atoms with Crippen LogP contribution < -0.4 is 9.44 Å². The lowest BCUT2D eigenvalue weighted by Crippen LogP contribution is -2.23. The van der Waals surface area contributed by atoms with Gasteiger partial charge in [-0.2, -0.15) is 0 Å². The minimum atomic E-state index is -3.96. The van der Waals surface area contributed by atoms with Gasteiger partial charge in [-0.15, -0.1) is 0 Å². The Labute approximate surface area is 152 Å². The molecule has 2 N–H and O–H groups in total. The third kappa shape index (κ3) is 4.59. The maximum Gasteiger partial charge on any atom is 0.337 e. The maximum atomic E-state index is 12.5. The Morgan fingerprint density at radius 1 is 0.962 bits per heavy atom. The van der Waals surface area contributed by atoms with E-state index in [1.54, 1.807) is 6.92 Å². The van der Waals surface area contributed by atoms with Crippen molar-refractivity contribution in [1.29, 1.82) is 0 Å². The van der Waals surface area contributed by atoms with Crippen LogP contribution >= 0.6 is 0 Å². The van der Waals surface area contributed by atoms with Crippen LogP contribution in [0.4, 0.5) is 5.69 Å². The number of hydrogen-bond donors (Lipinski definition) is 2. The lowest BCUT2D eigenvalue weighted by atomic mass is 10.2. The van der Waals surface area contributed by atoms with Gasteiger partial charge in [0.25, 0.3) is 10.0 Å². The van der Waals surface area contributed by atoms with Crippen molar-refractivity contribution >= 4 is 31.7 Å². The van der Waals surface area contributed by atoms with Crippen LogP contribution in [0.25, 0.3) is 0 Å². The van der Waals surface area contributed by atoms with Gasteiger partial charge in [0.1, 0.15) is 0 Å². The molecule has 0 atom stereocenters. The molecule has 0 heterocycles. The molecular weight excluding hydrogens is 380 g/mol. The zero-order valence-corrected chi connectivity index (χ0v) is 15.7. The molecule has 0 aliphatic rings. The summed E-state index contributed by atoms with van der Waals surface area (Å²) in [6.45, 7) is 1.90. The Bertz CT molecular complexity index is 999. The minimum Gasteiger partial charge on any atom is -0.465 e. The Kier molecular flexibility index (Phi) is 6.01. The van der Waals surface area contributed by atoms with Crippen LogP contribution in [0.1, 0.15) is 17.3 Å². The Morgan fingerprint density at radius 2 is 1.62 bits per heavy atom. The molecule has 0 fully saturated rings. The molecule has 0 saturated carbocycles. The number of anilines is 1. The van der Waals surface area contributed by atoms with Gasteiger partial charge in [0.2, 0.25) is 10.0 Å². The van der Waals surface area contributed by atoms with Crippen LogP contribution in [-0.2, 0) is 24.8 Å². The second-order valence-electron chi connectivity index (χ2n) is 5.15. The quantitative estimate of drug-likeness (QED) is 0.684. The number of carbonyl (C=O) groups excluding carboxylic acids is 1. The second-order valence-corrected chi connectivity index (χ2v) is 8.60. The van der Waals surface area contributed by atoms with E-state index in [0.29, 0.717) is 0 Å². The van der Waals surface area contributed by atoms with E-state index < -0.39 is 26.0 Å². The van der Waals surface area contributed by atoms with E-state index in [9.17, 15) is 21.6 Å². The van der Waals surface area contributed by atoms with E-state index in [-0.39, 0.29) is 27.6 Å². The largest absolute Gasteiger partial charge is 0.465 e. The zero-order valence-electron chi connectivity index (χ0n) is 14.1. The fourth-order valence-electron chi connectivity index (χ4n) is 2.10. The number of hydrogen-bond acceptors (Lipinski definition) is 6. The average molecular weight is 398 g/mol. The highest BCUT2D eigenvalue weighted by Gasteiger charge is 2.18. The molecule has 0 aliphatic carbocycles. The third-order valence-corrected chi connectivity index (χ3v) is 6.26. The summed E-state index contributed by atoms with van der Waals surface area (Å²) in [7, 11) is -6.38. The van der Waals surface area contributed by atoms with E-state index in [1.165, 1.54) is 55.6 Å². The van der Waals surface area contributed by atoms with E-state index in [1.807, 2.05) is 0 Å². The molecule has 0 spiro atoms. The number of benzene rings is 2. The Balaban J connectivity index is 2.26. The normalized spacial score (nSPS) is 11.8. The predicted molar refractivity (Wildman–Crippen MR) is 95.9 cm³/mol. The van der Waals surface area contributed by atoms with Gasteiger partial charge in [0.05, 0.1) is 22.5 Å². The summed E-state index contributed by atoms with van der Waals surface area (Å²) in [5.74, 6) is -0.653. The number of ether oxygens (including phenoxy) is 1. The SMILES string of the molecule is CCNS(=O)(=O)c1ccc(NS(=O)(=O)c2cccc(C(=O)OC)c2)cc1. The van der Waals surface area contributed by atoms with Crippen LogP contribution in [0.2, 0.25) is 0 Å². The number of methoxy groups -OCH3 is 1. The summed E-state index contributed by atoms with van der Waals surface area (Å²) in [6, 6.07) is 10.6. The molecule has 0 radical (unpaired) electrons. The molecule has 2 aromatic rings. The first kappa shape index (κ1) is 19.9. The van der Waals surface area contributed by atoms with Gasteiger partial charge in [-0.25, -0.2) is 26.4 Å². The number of carbonyl (C=O) groups is 1. The third-order valence-electron chi connectivity index (χ3n) is 3.32. The van der Waals surface area contributed by atoms with Crippen molar-refractivity contribution in [2.75, 3.05) is 18.4 Å². The fourth-order valence-corrected chi connectivity index (χ4v) is 4.24. The van der Waals surface area contributed by atoms with Crippen LogP contribution in [0, 0.1) is 0 Å². The molecule has 26 heavy (non-hydrogen) atoms. The van der Waals surface area contributed by atoms with Crippen molar-refractivity contribution in [1.82, 2.24) is 4.72 Å². The zero-order chi connectivity index (χ0) is 19.4. The molecule has 140 valence electrons. The molecule has 0 bridgehead atoms. The first-order chi connectivity index (χ1) is 12.2. The highest BCUT2D eigenvalue weighted by molar-refractivity contribution is 7.92. The topological polar surface area (TPSA) is 119 Å². The molecule has 2 aromatic carbocycles. The van der Waals surface area contributed by atoms with Crippen molar-refractivity contribution in [2.45, 2.75) is 16.7 Å². The highest BCUT2D eigenvalue weighted by Crippen LogP contribution is 2.19. The molecule has 0 unspecified atom stereocenters.